The molecular formula is C10H10F3N. The van der Waals surface area contributed by atoms with Crippen LogP contribution in [0.5, 0.6) is 0 Å². The van der Waals surface area contributed by atoms with Crippen molar-refractivity contribution >= 4 is 5.71 Å². The number of rotatable bonds is 2. The highest BCUT2D eigenvalue weighted by Gasteiger charge is 2.29. The molecular weight excluding hydrogens is 191 g/mol. The van der Waals surface area contributed by atoms with Crippen LogP contribution in [0.15, 0.2) is 18.2 Å². The summed E-state index contributed by atoms with van der Waals surface area (Å²) in [4.78, 5) is 0. The van der Waals surface area contributed by atoms with Gasteiger partial charge in [-0.15, -0.1) is 0 Å². The first kappa shape index (κ1) is 10.8. The second-order valence-electron chi connectivity index (χ2n) is 3.18. The predicted molar refractivity (Wildman–Crippen MR) is 48.5 cm³/mol. The molecule has 0 heterocycles. The number of nitrogens with one attached hydrogen (secondary N) is 1. The lowest BCUT2D eigenvalue weighted by molar-refractivity contribution is 0.0137. The number of hydrogen-bond acceptors (Lipinski definition) is 1. The molecule has 0 unspecified atom stereocenters. The van der Waals surface area contributed by atoms with Crippen molar-refractivity contribution in [2.45, 2.75) is 19.8 Å². The summed E-state index contributed by atoms with van der Waals surface area (Å²) >= 11 is 0. The summed E-state index contributed by atoms with van der Waals surface area (Å²) in [5.41, 5.74) is -0.806. The summed E-state index contributed by atoms with van der Waals surface area (Å²) in [6.45, 7) is 1.99. The molecule has 0 aliphatic rings. The van der Waals surface area contributed by atoms with E-state index in [4.69, 9.17) is 5.41 Å². The number of alkyl halides is 2. The Bertz CT molecular complexity index is 366. The van der Waals surface area contributed by atoms with Gasteiger partial charge in [0.2, 0.25) is 0 Å². The second kappa shape index (κ2) is 3.44. The average Bonchev–Trinajstić information content (AvgIpc) is 2.01. The van der Waals surface area contributed by atoms with Crippen molar-refractivity contribution in [2.75, 3.05) is 0 Å². The largest absolute Gasteiger partial charge is 0.305 e. The summed E-state index contributed by atoms with van der Waals surface area (Å²) in [7, 11) is 0. The smallest absolute Gasteiger partial charge is 0.273 e. The molecule has 0 aliphatic carbocycles. The van der Waals surface area contributed by atoms with Crippen molar-refractivity contribution in [1.29, 1.82) is 5.41 Å². The van der Waals surface area contributed by atoms with Crippen LogP contribution in [0.2, 0.25) is 0 Å². The summed E-state index contributed by atoms with van der Waals surface area (Å²) in [6, 6.07) is 3.66. The van der Waals surface area contributed by atoms with Crippen LogP contribution >= 0.6 is 0 Å². The molecule has 0 saturated carbocycles. The van der Waals surface area contributed by atoms with Crippen molar-refractivity contribution in [2.24, 2.45) is 0 Å². The van der Waals surface area contributed by atoms with E-state index in [0.29, 0.717) is 6.92 Å². The normalized spacial score (nSPS) is 11.5. The molecule has 0 fully saturated rings. The average molecular weight is 201 g/mol. The van der Waals surface area contributed by atoms with Gasteiger partial charge in [0.1, 0.15) is 5.82 Å². The predicted octanol–water partition coefficient (Wildman–Crippen LogP) is 3.33. The highest BCUT2D eigenvalue weighted by molar-refractivity contribution is 5.96. The Kier molecular flexibility index (Phi) is 2.64. The SMILES string of the molecule is CC(=N)c1cccc(C(C)(F)F)c1F. The molecule has 0 aliphatic heterocycles. The molecule has 14 heavy (non-hydrogen) atoms. The van der Waals surface area contributed by atoms with E-state index in [1.165, 1.54) is 19.1 Å². The zero-order chi connectivity index (χ0) is 10.9. The van der Waals surface area contributed by atoms with Crippen molar-refractivity contribution in [3.63, 3.8) is 0 Å². The first-order chi connectivity index (χ1) is 6.34. The molecule has 76 valence electrons. The van der Waals surface area contributed by atoms with Crippen LogP contribution in [-0.2, 0) is 5.92 Å². The fraction of sp³-hybridized carbons (Fsp3) is 0.300. The molecule has 0 saturated heterocycles. The summed E-state index contributed by atoms with van der Waals surface area (Å²) in [5, 5.41) is 7.19. The molecule has 0 atom stereocenters. The van der Waals surface area contributed by atoms with Crippen LogP contribution in [0.1, 0.15) is 25.0 Å². The fourth-order valence-corrected chi connectivity index (χ4v) is 1.16. The van der Waals surface area contributed by atoms with Gasteiger partial charge in [0.05, 0.1) is 5.56 Å². The van der Waals surface area contributed by atoms with Crippen LogP contribution in [0.25, 0.3) is 0 Å². The fourth-order valence-electron chi connectivity index (χ4n) is 1.16. The summed E-state index contributed by atoms with van der Waals surface area (Å²) < 4.78 is 39.1. The lowest BCUT2D eigenvalue weighted by atomic mass is 10.0. The van der Waals surface area contributed by atoms with Gasteiger partial charge < -0.3 is 5.41 Å². The zero-order valence-electron chi connectivity index (χ0n) is 7.87. The third-order valence-electron chi connectivity index (χ3n) is 1.88. The quantitative estimate of drug-likeness (QED) is 0.709. The van der Waals surface area contributed by atoms with E-state index in [1.54, 1.807) is 0 Å². The number of benzene rings is 1. The maximum Gasteiger partial charge on any atom is 0.273 e. The summed E-state index contributed by atoms with van der Waals surface area (Å²) in [6.07, 6.45) is 0. The van der Waals surface area contributed by atoms with E-state index in [0.717, 1.165) is 6.07 Å². The lowest BCUT2D eigenvalue weighted by Gasteiger charge is -2.13. The first-order valence-corrected chi connectivity index (χ1v) is 4.06. The highest BCUT2D eigenvalue weighted by Crippen LogP contribution is 2.30. The van der Waals surface area contributed by atoms with E-state index in [2.05, 4.69) is 0 Å². The molecule has 1 aromatic rings. The van der Waals surface area contributed by atoms with E-state index in [1.807, 2.05) is 0 Å². The molecule has 0 radical (unpaired) electrons. The van der Waals surface area contributed by atoms with Gasteiger partial charge in [-0.1, -0.05) is 18.2 Å². The van der Waals surface area contributed by atoms with E-state index < -0.39 is 17.3 Å². The molecule has 4 heteroatoms. The summed E-state index contributed by atoms with van der Waals surface area (Å²) in [5.74, 6) is -4.22. The zero-order valence-corrected chi connectivity index (χ0v) is 7.87. The van der Waals surface area contributed by atoms with Crippen LogP contribution in [0.3, 0.4) is 0 Å². The highest BCUT2D eigenvalue weighted by atomic mass is 19.3. The third-order valence-corrected chi connectivity index (χ3v) is 1.88. The van der Waals surface area contributed by atoms with Gasteiger partial charge in [0.25, 0.3) is 5.92 Å². The van der Waals surface area contributed by atoms with Gasteiger partial charge in [-0.05, 0) is 6.92 Å². The standard InChI is InChI=1S/C10H10F3N/c1-6(14)7-4-3-5-8(9(7)11)10(2,12)13/h3-5,14H,1-2H3. The molecule has 1 rings (SSSR count). The van der Waals surface area contributed by atoms with Crippen molar-refractivity contribution < 1.29 is 13.2 Å². The van der Waals surface area contributed by atoms with Crippen LogP contribution in [-0.4, -0.2) is 5.71 Å². The Hall–Kier alpha value is -1.32. The van der Waals surface area contributed by atoms with Gasteiger partial charge in [0, 0.05) is 18.2 Å². The Balaban J connectivity index is 3.35. The van der Waals surface area contributed by atoms with Crippen LogP contribution in [0.4, 0.5) is 13.2 Å². The third kappa shape index (κ3) is 1.95. The Morgan fingerprint density at radius 2 is 1.93 bits per heavy atom. The van der Waals surface area contributed by atoms with Crippen molar-refractivity contribution in [3.05, 3.63) is 35.1 Å². The topological polar surface area (TPSA) is 23.9 Å². The Morgan fingerprint density at radius 1 is 1.36 bits per heavy atom. The maximum atomic E-state index is 13.4. The van der Waals surface area contributed by atoms with E-state index in [9.17, 15) is 13.2 Å². The molecule has 0 amide bonds. The first-order valence-electron chi connectivity index (χ1n) is 4.06. The minimum atomic E-state index is -3.21. The monoisotopic (exact) mass is 201 g/mol. The minimum Gasteiger partial charge on any atom is -0.305 e. The van der Waals surface area contributed by atoms with Crippen molar-refractivity contribution in [1.82, 2.24) is 0 Å². The van der Waals surface area contributed by atoms with Crippen LogP contribution < -0.4 is 0 Å². The number of hydrogen-bond donors (Lipinski definition) is 1. The molecule has 1 nitrogen and oxygen atoms in total. The Morgan fingerprint density at radius 3 is 2.36 bits per heavy atom. The van der Waals surface area contributed by atoms with Gasteiger partial charge in [-0.3, -0.25) is 0 Å². The second-order valence-corrected chi connectivity index (χ2v) is 3.18. The molecule has 0 aromatic heterocycles. The van der Waals surface area contributed by atoms with Gasteiger partial charge in [-0.25, -0.2) is 13.2 Å². The lowest BCUT2D eigenvalue weighted by Crippen LogP contribution is -2.12. The molecule has 0 bridgehead atoms. The molecule has 1 N–H and O–H groups in total. The van der Waals surface area contributed by atoms with E-state index in [-0.39, 0.29) is 11.3 Å². The molecule has 0 spiro atoms. The van der Waals surface area contributed by atoms with Gasteiger partial charge in [-0.2, -0.15) is 0 Å². The van der Waals surface area contributed by atoms with Crippen LogP contribution in [0, 0.1) is 11.2 Å². The van der Waals surface area contributed by atoms with Gasteiger partial charge in [0.15, 0.2) is 0 Å². The van der Waals surface area contributed by atoms with E-state index >= 15 is 0 Å². The van der Waals surface area contributed by atoms with Gasteiger partial charge >= 0.3 is 0 Å². The minimum absolute atomic E-state index is 0.0615. The Labute approximate surface area is 80.1 Å². The van der Waals surface area contributed by atoms with Crippen molar-refractivity contribution in [3.8, 4) is 0 Å². The maximum absolute atomic E-state index is 13.4. The molecule has 1 aromatic carbocycles. The number of halogens is 3.